The van der Waals surface area contributed by atoms with E-state index in [0.717, 1.165) is 35.5 Å². The quantitative estimate of drug-likeness (QED) is 0.492. The third-order valence-electron chi connectivity index (χ3n) is 10.5. The van der Waals surface area contributed by atoms with Gasteiger partial charge in [0.05, 0.1) is 0 Å². The SMILES string of the molecule is CC(C)CCC[C@@H](C)[C@H]1CC[C@H]2[C@@H]3CCC4=CCCC(N)[C@]4(C)[C@H]3CC[C@]12C. The van der Waals surface area contributed by atoms with Gasteiger partial charge in [-0.1, -0.05) is 65.5 Å². The highest BCUT2D eigenvalue weighted by Gasteiger charge is 2.60. The molecule has 8 atom stereocenters. The average molecular weight is 386 g/mol. The van der Waals surface area contributed by atoms with Gasteiger partial charge in [-0.2, -0.15) is 0 Å². The summed E-state index contributed by atoms with van der Waals surface area (Å²) < 4.78 is 0. The fraction of sp³-hybridized carbons (Fsp3) is 0.926. The molecule has 0 amide bonds. The van der Waals surface area contributed by atoms with E-state index in [2.05, 4.69) is 40.7 Å². The largest absolute Gasteiger partial charge is 0.327 e. The van der Waals surface area contributed by atoms with Crippen LogP contribution in [0.25, 0.3) is 0 Å². The van der Waals surface area contributed by atoms with Gasteiger partial charge in [-0.3, -0.25) is 0 Å². The summed E-state index contributed by atoms with van der Waals surface area (Å²) in [5.74, 6) is 5.51. The monoisotopic (exact) mass is 385 g/mol. The molecule has 0 bridgehead atoms. The normalized spacial score (nSPS) is 46.5. The molecule has 0 aliphatic heterocycles. The van der Waals surface area contributed by atoms with Crippen molar-refractivity contribution in [1.29, 1.82) is 0 Å². The zero-order chi connectivity index (χ0) is 20.1. The third-order valence-corrected chi connectivity index (χ3v) is 10.5. The molecule has 4 rings (SSSR count). The summed E-state index contributed by atoms with van der Waals surface area (Å²) in [6, 6.07) is 0.400. The topological polar surface area (TPSA) is 26.0 Å². The number of hydrogen-bond donors (Lipinski definition) is 1. The molecule has 2 N–H and O–H groups in total. The number of nitrogens with two attached hydrogens (primary N) is 1. The predicted molar refractivity (Wildman–Crippen MR) is 121 cm³/mol. The third kappa shape index (κ3) is 3.23. The lowest BCUT2D eigenvalue weighted by Crippen LogP contribution is -2.56. The number of fused-ring (bicyclic) bond motifs is 5. The van der Waals surface area contributed by atoms with E-state index >= 15 is 0 Å². The molecule has 4 aliphatic carbocycles. The van der Waals surface area contributed by atoms with Crippen LogP contribution in [0.5, 0.6) is 0 Å². The average Bonchev–Trinajstić information content (AvgIpc) is 3.00. The maximum Gasteiger partial charge on any atom is 0.0136 e. The van der Waals surface area contributed by atoms with Crippen LogP contribution in [0.4, 0.5) is 0 Å². The van der Waals surface area contributed by atoms with Crippen molar-refractivity contribution in [2.45, 2.75) is 111 Å². The van der Waals surface area contributed by atoms with E-state index in [1.165, 1.54) is 70.6 Å². The van der Waals surface area contributed by atoms with Gasteiger partial charge >= 0.3 is 0 Å². The molecule has 1 nitrogen and oxygen atoms in total. The minimum atomic E-state index is 0.309. The molecule has 0 aromatic heterocycles. The molecule has 1 heteroatoms. The Balaban J connectivity index is 1.50. The van der Waals surface area contributed by atoms with E-state index in [1.54, 1.807) is 5.57 Å². The Morgan fingerprint density at radius 3 is 2.54 bits per heavy atom. The number of allylic oxidation sites excluding steroid dienone is 1. The summed E-state index contributed by atoms with van der Waals surface area (Å²) in [7, 11) is 0. The first-order valence-electron chi connectivity index (χ1n) is 12.7. The molecule has 28 heavy (non-hydrogen) atoms. The van der Waals surface area contributed by atoms with E-state index in [-0.39, 0.29) is 0 Å². The smallest absolute Gasteiger partial charge is 0.0136 e. The molecular formula is C27H47N. The Bertz CT molecular complexity index is 591. The van der Waals surface area contributed by atoms with Gasteiger partial charge < -0.3 is 5.73 Å². The van der Waals surface area contributed by atoms with Crippen LogP contribution in [0.2, 0.25) is 0 Å². The molecule has 1 unspecified atom stereocenters. The lowest BCUT2D eigenvalue weighted by molar-refractivity contribution is -0.0642. The summed E-state index contributed by atoms with van der Waals surface area (Å²) in [6.07, 6.45) is 18.0. The Morgan fingerprint density at radius 2 is 1.79 bits per heavy atom. The van der Waals surface area contributed by atoms with Crippen LogP contribution >= 0.6 is 0 Å². The molecule has 0 heterocycles. The first-order chi connectivity index (χ1) is 13.3. The standard InChI is InChI=1S/C27H47N/c1-18(2)8-6-9-19(3)22-14-15-23-21-13-12-20-10-7-11-25(28)27(20,5)24(21)16-17-26(22,23)4/h10,18-19,21-25H,6-9,11-17,28H2,1-5H3/t19-,21+,22-,23+,24+,25?,26-,27+/m1/s1. The molecule has 0 spiro atoms. The molecule has 0 saturated heterocycles. The fourth-order valence-electron chi connectivity index (χ4n) is 8.86. The van der Waals surface area contributed by atoms with Gasteiger partial charge in [0.15, 0.2) is 0 Å². The lowest BCUT2D eigenvalue weighted by atomic mass is 9.45. The second-order valence-electron chi connectivity index (χ2n) is 12.1. The Morgan fingerprint density at radius 1 is 1.00 bits per heavy atom. The Labute approximate surface area is 175 Å². The van der Waals surface area contributed by atoms with Crippen LogP contribution in [-0.4, -0.2) is 6.04 Å². The first kappa shape index (κ1) is 21.0. The molecule has 0 aromatic rings. The zero-order valence-corrected chi connectivity index (χ0v) is 19.5. The predicted octanol–water partition coefficient (Wildman–Crippen LogP) is 7.36. The number of rotatable bonds is 5. The highest BCUT2D eigenvalue weighted by molar-refractivity contribution is 5.26. The maximum atomic E-state index is 6.81. The summed E-state index contributed by atoms with van der Waals surface area (Å²) in [4.78, 5) is 0. The number of hydrogen-bond acceptors (Lipinski definition) is 1. The first-order valence-corrected chi connectivity index (χ1v) is 12.7. The van der Waals surface area contributed by atoms with E-state index in [4.69, 9.17) is 5.73 Å². The van der Waals surface area contributed by atoms with Crippen LogP contribution in [0, 0.1) is 46.3 Å². The summed E-state index contributed by atoms with van der Waals surface area (Å²) >= 11 is 0. The highest BCUT2D eigenvalue weighted by atomic mass is 14.7. The minimum absolute atomic E-state index is 0.309. The zero-order valence-electron chi connectivity index (χ0n) is 19.5. The van der Waals surface area contributed by atoms with Crippen LogP contribution in [0.3, 0.4) is 0 Å². The Hall–Kier alpha value is -0.300. The van der Waals surface area contributed by atoms with Crippen molar-refractivity contribution in [3.63, 3.8) is 0 Å². The molecular weight excluding hydrogens is 338 g/mol. The summed E-state index contributed by atoms with van der Waals surface area (Å²) in [5.41, 5.74) is 9.47. The van der Waals surface area contributed by atoms with Crippen molar-refractivity contribution in [2.24, 2.45) is 52.1 Å². The lowest BCUT2D eigenvalue weighted by Gasteiger charge is -2.60. The van der Waals surface area contributed by atoms with Crippen LogP contribution in [0.15, 0.2) is 11.6 Å². The molecule has 3 fully saturated rings. The van der Waals surface area contributed by atoms with E-state index < -0.39 is 0 Å². The molecule has 0 radical (unpaired) electrons. The minimum Gasteiger partial charge on any atom is -0.327 e. The van der Waals surface area contributed by atoms with Gasteiger partial charge in [-0.25, -0.2) is 0 Å². The summed E-state index contributed by atoms with van der Waals surface area (Å²) in [5, 5.41) is 0. The van der Waals surface area contributed by atoms with Gasteiger partial charge in [-0.15, -0.1) is 0 Å². The van der Waals surface area contributed by atoms with Gasteiger partial charge in [0.25, 0.3) is 0 Å². The fourth-order valence-corrected chi connectivity index (χ4v) is 8.86. The van der Waals surface area contributed by atoms with Crippen LogP contribution < -0.4 is 5.73 Å². The van der Waals surface area contributed by atoms with Gasteiger partial charge in [0.1, 0.15) is 0 Å². The van der Waals surface area contributed by atoms with Crippen molar-refractivity contribution in [2.75, 3.05) is 0 Å². The van der Waals surface area contributed by atoms with Crippen LogP contribution in [-0.2, 0) is 0 Å². The van der Waals surface area contributed by atoms with Gasteiger partial charge in [-0.05, 0) is 92.3 Å². The van der Waals surface area contributed by atoms with E-state index in [9.17, 15) is 0 Å². The summed E-state index contributed by atoms with van der Waals surface area (Å²) in [6.45, 7) is 12.6. The molecule has 0 aromatic carbocycles. The second-order valence-corrected chi connectivity index (χ2v) is 12.1. The molecule has 4 aliphatic rings. The van der Waals surface area contributed by atoms with Crippen LogP contribution in [0.1, 0.15) is 105 Å². The van der Waals surface area contributed by atoms with Crippen molar-refractivity contribution < 1.29 is 0 Å². The van der Waals surface area contributed by atoms with Gasteiger partial charge in [0.2, 0.25) is 0 Å². The van der Waals surface area contributed by atoms with Crippen molar-refractivity contribution in [3.05, 3.63) is 11.6 Å². The van der Waals surface area contributed by atoms with Crippen molar-refractivity contribution in [3.8, 4) is 0 Å². The highest BCUT2D eigenvalue weighted by Crippen LogP contribution is 2.67. The van der Waals surface area contributed by atoms with E-state index in [1.807, 2.05) is 0 Å². The van der Waals surface area contributed by atoms with E-state index in [0.29, 0.717) is 16.9 Å². The maximum absolute atomic E-state index is 6.81. The van der Waals surface area contributed by atoms with Crippen molar-refractivity contribution >= 4 is 0 Å². The molecule has 160 valence electrons. The molecule has 3 saturated carbocycles. The van der Waals surface area contributed by atoms with Gasteiger partial charge in [0, 0.05) is 11.5 Å². The second kappa shape index (κ2) is 7.75. The van der Waals surface area contributed by atoms with Crippen molar-refractivity contribution in [1.82, 2.24) is 0 Å². The Kier molecular flexibility index (Phi) is 5.80.